The van der Waals surface area contributed by atoms with Gasteiger partial charge in [0.15, 0.2) is 0 Å². The maximum Gasteiger partial charge on any atom is 0.0569 e. The van der Waals surface area contributed by atoms with Crippen molar-refractivity contribution in [1.29, 1.82) is 0 Å². The molecule has 2 heterocycles. The number of likely N-dealkylation sites (tertiary alicyclic amines) is 1. The standard InChI is InChI=1S/C12H23NO/c1-11(2,3)5-4-6-13-7-12(8-13)9-14-10-12/h4-10H2,1-3H3. The zero-order valence-corrected chi connectivity index (χ0v) is 9.81. The summed E-state index contributed by atoms with van der Waals surface area (Å²) in [7, 11) is 0. The number of hydrogen-bond donors (Lipinski definition) is 0. The normalized spacial score (nSPS) is 25.9. The first-order valence-electron chi connectivity index (χ1n) is 5.79. The van der Waals surface area contributed by atoms with Crippen molar-refractivity contribution in [2.24, 2.45) is 10.8 Å². The van der Waals surface area contributed by atoms with Gasteiger partial charge in [0.05, 0.1) is 13.2 Å². The average Bonchev–Trinajstić information content (AvgIpc) is 1.87. The van der Waals surface area contributed by atoms with Gasteiger partial charge in [-0.3, -0.25) is 0 Å². The van der Waals surface area contributed by atoms with Crippen molar-refractivity contribution < 1.29 is 4.74 Å². The van der Waals surface area contributed by atoms with Gasteiger partial charge in [-0.1, -0.05) is 20.8 Å². The van der Waals surface area contributed by atoms with E-state index in [1.54, 1.807) is 0 Å². The van der Waals surface area contributed by atoms with Crippen LogP contribution in [0.4, 0.5) is 0 Å². The molecule has 2 fully saturated rings. The lowest BCUT2D eigenvalue weighted by molar-refractivity contribution is -0.189. The molecule has 2 saturated heterocycles. The Bertz CT molecular complexity index is 195. The Balaban J connectivity index is 1.56. The molecule has 2 rings (SSSR count). The molecule has 0 aromatic carbocycles. The highest BCUT2D eigenvalue weighted by Crippen LogP contribution is 2.37. The van der Waals surface area contributed by atoms with Crippen molar-refractivity contribution in [2.75, 3.05) is 32.8 Å². The average molecular weight is 197 g/mol. The molecule has 0 bridgehead atoms. The SMILES string of the molecule is CC(C)(C)CCCN1CC2(COC2)C1. The van der Waals surface area contributed by atoms with Crippen LogP contribution in [0.25, 0.3) is 0 Å². The van der Waals surface area contributed by atoms with Crippen LogP contribution in [-0.2, 0) is 4.74 Å². The lowest BCUT2D eigenvalue weighted by atomic mass is 9.78. The van der Waals surface area contributed by atoms with Gasteiger partial charge in [-0.25, -0.2) is 0 Å². The molecule has 0 amide bonds. The first kappa shape index (κ1) is 10.4. The maximum atomic E-state index is 5.26. The molecule has 14 heavy (non-hydrogen) atoms. The third-order valence-corrected chi connectivity index (χ3v) is 3.34. The molecular formula is C12H23NO. The molecule has 1 spiro atoms. The van der Waals surface area contributed by atoms with Gasteiger partial charge in [-0.05, 0) is 24.8 Å². The highest BCUT2D eigenvalue weighted by atomic mass is 16.5. The molecule has 2 heteroatoms. The van der Waals surface area contributed by atoms with Gasteiger partial charge in [-0.2, -0.15) is 0 Å². The molecule has 82 valence electrons. The van der Waals surface area contributed by atoms with E-state index in [2.05, 4.69) is 25.7 Å². The Morgan fingerprint density at radius 2 is 1.86 bits per heavy atom. The lowest BCUT2D eigenvalue weighted by Gasteiger charge is -2.55. The third-order valence-electron chi connectivity index (χ3n) is 3.34. The maximum absolute atomic E-state index is 5.26. The molecule has 0 aliphatic carbocycles. The van der Waals surface area contributed by atoms with Crippen molar-refractivity contribution in [3.05, 3.63) is 0 Å². The van der Waals surface area contributed by atoms with Crippen LogP contribution in [-0.4, -0.2) is 37.7 Å². The quantitative estimate of drug-likeness (QED) is 0.687. The van der Waals surface area contributed by atoms with Crippen LogP contribution in [0.5, 0.6) is 0 Å². The van der Waals surface area contributed by atoms with Crippen LogP contribution in [0.3, 0.4) is 0 Å². The van der Waals surface area contributed by atoms with Crippen molar-refractivity contribution in [1.82, 2.24) is 4.90 Å². The van der Waals surface area contributed by atoms with Crippen molar-refractivity contribution in [2.45, 2.75) is 33.6 Å². The molecule has 0 aromatic rings. The van der Waals surface area contributed by atoms with E-state index in [-0.39, 0.29) is 0 Å². The molecule has 0 aromatic heterocycles. The van der Waals surface area contributed by atoms with E-state index in [9.17, 15) is 0 Å². The predicted octanol–water partition coefficient (Wildman–Crippen LogP) is 2.14. The molecule has 2 aliphatic heterocycles. The van der Waals surface area contributed by atoms with Gasteiger partial charge in [0.2, 0.25) is 0 Å². The van der Waals surface area contributed by atoms with E-state index >= 15 is 0 Å². The molecule has 2 aliphatic rings. The molecule has 2 nitrogen and oxygen atoms in total. The minimum atomic E-state index is 0.502. The number of hydrogen-bond acceptors (Lipinski definition) is 2. The van der Waals surface area contributed by atoms with Crippen LogP contribution in [0.2, 0.25) is 0 Å². The van der Waals surface area contributed by atoms with Crippen molar-refractivity contribution in [3.63, 3.8) is 0 Å². The molecule has 0 saturated carbocycles. The zero-order valence-electron chi connectivity index (χ0n) is 9.81. The van der Waals surface area contributed by atoms with Crippen molar-refractivity contribution >= 4 is 0 Å². The summed E-state index contributed by atoms with van der Waals surface area (Å²) in [5.41, 5.74) is 1.10. The lowest BCUT2D eigenvalue weighted by Crippen LogP contribution is -2.65. The molecule has 0 radical (unpaired) electrons. The predicted molar refractivity (Wildman–Crippen MR) is 58.4 cm³/mol. The van der Waals surface area contributed by atoms with Crippen LogP contribution in [0, 0.1) is 10.8 Å². The summed E-state index contributed by atoms with van der Waals surface area (Å²) in [5.74, 6) is 0. The summed E-state index contributed by atoms with van der Waals surface area (Å²) in [6, 6.07) is 0. The van der Waals surface area contributed by atoms with E-state index in [1.807, 2.05) is 0 Å². The fourth-order valence-electron chi connectivity index (χ4n) is 2.47. The first-order chi connectivity index (χ1) is 6.49. The fraction of sp³-hybridized carbons (Fsp3) is 1.00. The largest absolute Gasteiger partial charge is 0.380 e. The van der Waals surface area contributed by atoms with Gasteiger partial charge in [-0.15, -0.1) is 0 Å². The Labute approximate surface area is 87.6 Å². The highest BCUT2D eigenvalue weighted by molar-refractivity contribution is 4.99. The summed E-state index contributed by atoms with van der Waals surface area (Å²) in [4.78, 5) is 2.58. The minimum Gasteiger partial charge on any atom is -0.380 e. The highest BCUT2D eigenvalue weighted by Gasteiger charge is 2.48. The van der Waals surface area contributed by atoms with Gasteiger partial charge in [0, 0.05) is 18.5 Å². The van der Waals surface area contributed by atoms with Gasteiger partial charge in [0.25, 0.3) is 0 Å². The molecular weight excluding hydrogens is 174 g/mol. The van der Waals surface area contributed by atoms with Gasteiger partial charge < -0.3 is 9.64 Å². The smallest absolute Gasteiger partial charge is 0.0569 e. The number of ether oxygens (including phenoxy) is 1. The van der Waals surface area contributed by atoms with Gasteiger partial charge in [0.1, 0.15) is 0 Å². The molecule has 0 unspecified atom stereocenters. The second kappa shape index (κ2) is 3.49. The zero-order chi connectivity index (χ0) is 10.2. The topological polar surface area (TPSA) is 12.5 Å². The number of rotatable bonds is 3. The van der Waals surface area contributed by atoms with E-state index < -0.39 is 0 Å². The number of nitrogens with zero attached hydrogens (tertiary/aromatic N) is 1. The van der Waals surface area contributed by atoms with E-state index in [0.717, 1.165) is 13.2 Å². The monoisotopic (exact) mass is 197 g/mol. The summed E-state index contributed by atoms with van der Waals surface area (Å²) in [5, 5.41) is 0. The fourth-order valence-corrected chi connectivity index (χ4v) is 2.47. The Morgan fingerprint density at radius 1 is 1.21 bits per heavy atom. The van der Waals surface area contributed by atoms with Crippen LogP contribution in [0.15, 0.2) is 0 Å². The Kier molecular flexibility index (Phi) is 2.61. The second-order valence-corrected chi connectivity index (χ2v) is 6.37. The van der Waals surface area contributed by atoms with Crippen LogP contribution >= 0.6 is 0 Å². The Morgan fingerprint density at radius 3 is 2.29 bits per heavy atom. The molecule has 0 N–H and O–H groups in total. The Hall–Kier alpha value is -0.0800. The van der Waals surface area contributed by atoms with E-state index in [4.69, 9.17) is 4.74 Å². The van der Waals surface area contributed by atoms with Gasteiger partial charge >= 0.3 is 0 Å². The van der Waals surface area contributed by atoms with Crippen LogP contribution in [0.1, 0.15) is 33.6 Å². The summed E-state index contributed by atoms with van der Waals surface area (Å²) < 4.78 is 5.26. The minimum absolute atomic E-state index is 0.502. The van der Waals surface area contributed by atoms with Crippen molar-refractivity contribution in [3.8, 4) is 0 Å². The summed E-state index contributed by atoms with van der Waals surface area (Å²) in [6.45, 7) is 12.9. The summed E-state index contributed by atoms with van der Waals surface area (Å²) >= 11 is 0. The first-order valence-corrected chi connectivity index (χ1v) is 5.79. The van der Waals surface area contributed by atoms with Crippen LogP contribution < -0.4 is 0 Å². The molecule has 0 atom stereocenters. The summed E-state index contributed by atoms with van der Waals surface area (Å²) in [6.07, 6.45) is 2.69. The third kappa shape index (κ3) is 2.29. The second-order valence-electron chi connectivity index (χ2n) is 6.37. The van der Waals surface area contributed by atoms with E-state index in [1.165, 1.54) is 32.5 Å². The van der Waals surface area contributed by atoms with E-state index in [0.29, 0.717) is 10.8 Å².